The molecule has 0 radical (unpaired) electrons. The lowest BCUT2D eigenvalue weighted by Gasteiger charge is -2.10. The highest BCUT2D eigenvalue weighted by atomic mass is 32.2. The maximum Gasteiger partial charge on any atom is 0.416 e. The minimum Gasteiger partial charge on any atom is -0.348 e. The number of nitrogens with one attached hydrogen (secondary N) is 2. The fourth-order valence-corrected chi connectivity index (χ4v) is 3.51. The fraction of sp³-hybridized carbons (Fsp3) is 0.278. The molecule has 2 N–H and O–H groups in total. The lowest BCUT2D eigenvalue weighted by Crippen LogP contribution is -2.30. The first kappa shape index (κ1) is 20.9. The average Bonchev–Trinajstić information content (AvgIpc) is 2.58. The number of sulfonamides is 1. The smallest absolute Gasteiger partial charge is 0.348 e. The molecule has 0 aliphatic carbocycles. The number of hydrogen-bond acceptors (Lipinski definition) is 3. The van der Waals surface area contributed by atoms with Crippen LogP contribution in [0.1, 0.15) is 35.3 Å². The predicted octanol–water partition coefficient (Wildman–Crippen LogP) is 3.32. The highest BCUT2D eigenvalue weighted by Crippen LogP contribution is 2.29. The van der Waals surface area contributed by atoms with Gasteiger partial charge in [0.2, 0.25) is 10.0 Å². The zero-order valence-electron chi connectivity index (χ0n) is 14.7. The van der Waals surface area contributed by atoms with Crippen LogP contribution in [0.4, 0.5) is 13.2 Å². The first-order chi connectivity index (χ1) is 12.5. The lowest BCUT2D eigenvalue weighted by atomic mass is 10.1. The van der Waals surface area contributed by atoms with Gasteiger partial charge in [-0.15, -0.1) is 0 Å². The van der Waals surface area contributed by atoms with E-state index in [1.165, 1.54) is 36.4 Å². The van der Waals surface area contributed by atoms with E-state index in [2.05, 4.69) is 10.0 Å². The van der Waals surface area contributed by atoms with Gasteiger partial charge in [0, 0.05) is 18.2 Å². The van der Waals surface area contributed by atoms with E-state index in [0.717, 1.165) is 12.1 Å². The summed E-state index contributed by atoms with van der Waals surface area (Å²) in [6, 6.07) is 9.59. The maximum atomic E-state index is 12.5. The van der Waals surface area contributed by atoms with Crippen molar-refractivity contribution >= 4 is 15.9 Å². The van der Waals surface area contributed by atoms with Crippen molar-refractivity contribution in [1.82, 2.24) is 10.0 Å². The molecule has 0 saturated carbocycles. The molecule has 0 heterocycles. The van der Waals surface area contributed by atoms with Gasteiger partial charge >= 0.3 is 6.18 Å². The standard InChI is InChI=1S/C18H19F3N2O3S/c1-12(2)23-27(25,26)16-9-5-14(6-10-16)17(24)22-11-13-3-7-15(8-4-13)18(19,20)21/h3-10,12,23H,11H2,1-2H3,(H,22,24). The molecule has 0 aromatic heterocycles. The van der Waals surface area contributed by atoms with E-state index in [-0.39, 0.29) is 23.0 Å². The molecule has 1 amide bonds. The molecule has 0 spiro atoms. The van der Waals surface area contributed by atoms with Gasteiger partial charge in [-0.05, 0) is 55.8 Å². The van der Waals surface area contributed by atoms with Gasteiger partial charge in [-0.1, -0.05) is 12.1 Å². The minimum absolute atomic E-state index is 0.0375. The van der Waals surface area contributed by atoms with E-state index in [1.807, 2.05) is 0 Å². The zero-order valence-corrected chi connectivity index (χ0v) is 15.5. The molecule has 146 valence electrons. The van der Waals surface area contributed by atoms with Crippen molar-refractivity contribution in [1.29, 1.82) is 0 Å². The quantitative estimate of drug-likeness (QED) is 0.781. The van der Waals surface area contributed by atoms with Crippen LogP contribution < -0.4 is 10.0 Å². The van der Waals surface area contributed by atoms with Crippen LogP contribution in [0.25, 0.3) is 0 Å². The van der Waals surface area contributed by atoms with E-state index < -0.39 is 27.7 Å². The van der Waals surface area contributed by atoms with Crippen LogP contribution in [0.5, 0.6) is 0 Å². The number of carbonyl (C=O) groups excluding carboxylic acids is 1. The molecule has 0 fully saturated rings. The summed E-state index contributed by atoms with van der Waals surface area (Å²) in [5.41, 5.74) is -0.00790. The monoisotopic (exact) mass is 400 g/mol. The van der Waals surface area contributed by atoms with Gasteiger partial charge in [0.05, 0.1) is 10.5 Å². The van der Waals surface area contributed by atoms with Crippen molar-refractivity contribution < 1.29 is 26.4 Å². The summed E-state index contributed by atoms with van der Waals surface area (Å²) >= 11 is 0. The van der Waals surface area contributed by atoms with Gasteiger partial charge in [-0.2, -0.15) is 13.2 Å². The van der Waals surface area contributed by atoms with E-state index in [1.54, 1.807) is 13.8 Å². The van der Waals surface area contributed by atoms with Gasteiger partial charge < -0.3 is 5.32 Å². The third-order valence-electron chi connectivity index (χ3n) is 3.55. The summed E-state index contributed by atoms with van der Waals surface area (Å²) in [7, 11) is -3.65. The Hall–Kier alpha value is -2.39. The first-order valence-electron chi connectivity index (χ1n) is 8.06. The summed E-state index contributed by atoms with van der Waals surface area (Å²) in [5.74, 6) is -0.462. The highest BCUT2D eigenvalue weighted by molar-refractivity contribution is 7.89. The van der Waals surface area contributed by atoms with Crippen molar-refractivity contribution in [3.05, 3.63) is 65.2 Å². The van der Waals surface area contributed by atoms with Crippen molar-refractivity contribution in [2.45, 2.75) is 37.5 Å². The topological polar surface area (TPSA) is 75.3 Å². The van der Waals surface area contributed by atoms with Crippen molar-refractivity contribution in [2.24, 2.45) is 0 Å². The van der Waals surface area contributed by atoms with Crippen LogP contribution >= 0.6 is 0 Å². The van der Waals surface area contributed by atoms with Gasteiger partial charge in [0.15, 0.2) is 0 Å². The largest absolute Gasteiger partial charge is 0.416 e. The Balaban J connectivity index is 2.00. The number of rotatable bonds is 6. The van der Waals surface area contributed by atoms with E-state index in [9.17, 15) is 26.4 Å². The maximum absolute atomic E-state index is 12.5. The van der Waals surface area contributed by atoms with E-state index in [0.29, 0.717) is 5.56 Å². The molecule has 2 rings (SSSR count). The molecule has 2 aromatic rings. The van der Waals surface area contributed by atoms with E-state index >= 15 is 0 Å². The Morgan fingerprint density at radius 1 is 1.00 bits per heavy atom. The summed E-state index contributed by atoms with van der Waals surface area (Å²) in [6.07, 6.45) is -4.41. The number of amides is 1. The van der Waals surface area contributed by atoms with Crippen LogP contribution in [0.2, 0.25) is 0 Å². The Labute approximate surface area is 155 Å². The van der Waals surface area contributed by atoms with Crippen LogP contribution in [0.3, 0.4) is 0 Å². The van der Waals surface area contributed by atoms with Gasteiger partial charge in [0.1, 0.15) is 0 Å². The van der Waals surface area contributed by atoms with Crippen molar-refractivity contribution in [3.8, 4) is 0 Å². The highest BCUT2D eigenvalue weighted by Gasteiger charge is 2.29. The molecule has 0 saturated heterocycles. The molecule has 0 bridgehead atoms. The minimum atomic E-state index is -4.41. The molecule has 0 atom stereocenters. The van der Waals surface area contributed by atoms with Crippen molar-refractivity contribution in [2.75, 3.05) is 0 Å². The summed E-state index contributed by atoms with van der Waals surface area (Å²) in [4.78, 5) is 12.2. The molecule has 5 nitrogen and oxygen atoms in total. The average molecular weight is 400 g/mol. The van der Waals surface area contributed by atoms with Crippen LogP contribution in [0.15, 0.2) is 53.4 Å². The van der Waals surface area contributed by atoms with E-state index in [4.69, 9.17) is 0 Å². The molecule has 0 unspecified atom stereocenters. The van der Waals surface area contributed by atoms with Crippen LogP contribution in [-0.2, 0) is 22.7 Å². The van der Waals surface area contributed by atoms with Gasteiger partial charge in [-0.25, -0.2) is 13.1 Å². The second-order valence-electron chi connectivity index (χ2n) is 6.18. The number of carbonyl (C=O) groups is 1. The normalized spacial score (nSPS) is 12.2. The predicted molar refractivity (Wildman–Crippen MR) is 94.5 cm³/mol. The number of hydrogen-bond donors (Lipinski definition) is 2. The molecule has 0 aliphatic rings. The molecule has 27 heavy (non-hydrogen) atoms. The zero-order chi connectivity index (χ0) is 20.2. The summed E-state index contributed by atoms with van der Waals surface area (Å²) in [6.45, 7) is 3.44. The summed E-state index contributed by atoms with van der Waals surface area (Å²) in [5, 5.41) is 2.58. The first-order valence-corrected chi connectivity index (χ1v) is 9.54. The molecule has 0 aliphatic heterocycles. The third-order valence-corrected chi connectivity index (χ3v) is 5.23. The van der Waals surface area contributed by atoms with Crippen LogP contribution in [-0.4, -0.2) is 20.4 Å². The van der Waals surface area contributed by atoms with Gasteiger partial charge in [0.25, 0.3) is 5.91 Å². The number of benzene rings is 2. The Kier molecular flexibility index (Phi) is 6.27. The number of halogens is 3. The fourth-order valence-electron chi connectivity index (χ4n) is 2.26. The third kappa shape index (κ3) is 5.80. The van der Waals surface area contributed by atoms with Crippen LogP contribution in [0, 0.1) is 0 Å². The lowest BCUT2D eigenvalue weighted by molar-refractivity contribution is -0.137. The Morgan fingerprint density at radius 2 is 1.56 bits per heavy atom. The van der Waals surface area contributed by atoms with Crippen molar-refractivity contribution in [3.63, 3.8) is 0 Å². The Morgan fingerprint density at radius 3 is 2.04 bits per heavy atom. The number of alkyl halides is 3. The molecular weight excluding hydrogens is 381 g/mol. The second-order valence-corrected chi connectivity index (χ2v) is 7.89. The van der Waals surface area contributed by atoms with Gasteiger partial charge in [-0.3, -0.25) is 4.79 Å². The SMILES string of the molecule is CC(C)NS(=O)(=O)c1ccc(C(=O)NCc2ccc(C(F)(F)F)cc2)cc1. The second kappa shape index (κ2) is 8.10. The molecule has 2 aromatic carbocycles. The molecule has 9 heteroatoms. The molecular formula is C18H19F3N2O3S. The summed E-state index contributed by atoms with van der Waals surface area (Å²) < 4.78 is 64.1. The Bertz CT molecular complexity index is 891.